The number of amides is 2. The summed E-state index contributed by atoms with van der Waals surface area (Å²) in [7, 11) is 0. The second-order valence-electron chi connectivity index (χ2n) is 6.89. The van der Waals surface area contributed by atoms with Crippen LogP contribution in [0.3, 0.4) is 0 Å². The van der Waals surface area contributed by atoms with E-state index in [1.807, 2.05) is 17.0 Å². The largest absolute Gasteiger partial charge is 0.379 e. The molecule has 0 aliphatic carbocycles. The topological polar surface area (TPSA) is 65.1 Å². The van der Waals surface area contributed by atoms with Crippen molar-refractivity contribution in [2.24, 2.45) is 0 Å². The van der Waals surface area contributed by atoms with Crippen LogP contribution in [0.2, 0.25) is 5.02 Å². The maximum atomic E-state index is 12.4. The molecule has 0 bridgehead atoms. The number of rotatable bonds is 6. The highest BCUT2D eigenvalue weighted by Crippen LogP contribution is 2.20. The van der Waals surface area contributed by atoms with Gasteiger partial charge < -0.3 is 15.0 Å². The Balaban J connectivity index is 1.35. The second kappa shape index (κ2) is 10.0. The summed E-state index contributed by atoms with van der Waals surface area (Å²) in [6, 6.07) is 7.22. The van der Waals surface area contributed by atoms with Gasteiger partial charge in [-0.3, -0.25) is 19.4 Å². The number of ether oxygens (including phenoxy) is 1. The van der Waals surface area contributed by atoms with E-state index in [1.54, 1.807) is 12.1 Å². The SMILES string of the molecule is O=C(CCN1CCN(C(=O)CN2CCOCC2)CC1)Nc1ccccc1Cl. The number of hydrogen-bond acceptors (Lipinski definition) is 5. The molecule has 1 N–H and O–H groups in total. The summed E-state index contributed by atoms with van der Waals surface area (Å²) in [6.07, 6.45) is 0.410. The number of nitrogens with one attached hydrogen (secondary N) is 1. The molecule has 27 heavy (non-hydrogen) atoms. The van der Waals surface area contributed by atoms with Crippen molar-refractivity contribution in [3.63, 3.8) is 0 Å². The van der Waals surface area contributed by atoms with Gasteiger partial charge in [-0.05, 0) is 12.1 Å². The van der Waals surface area contributed by atoms with Gasteiger partial charge in [-0.25, -0.2) is 0 Å². The normalized spacial score (nSPS) is 19.1. The van der Waals surface area contributed by atoms with Crippen LogP contribution in [0.25, 0.3) is 0 Å². The molecule has 2 fully saturated rings. The van der Waals surface area contributed by atoms with Crippen molar-refractivity contribution in [2.75, 3.05) is 70.9 Å². The number of para-hydroxylation sites is 1. The van der Waals surface area contributed by atoms with Crippen LogP contribution in [0.5, 0.6) is 0 Å². The van der Waals surface area contributed by atoms with Gasteiger partial charge >= 0.3 is 0 Å². The molecule has 0 atom stereocenters. The zero-order valence-electron chi connectivity index (χ0n) is 15.5. The standard InChI is InChI=1S/C19H27ClN4O3/c20-16-3-1-2-4-17(16)21-18(25)5-6-22-7-9-24(10-8-22)19(26)15-23-11-13-27-14-12-23/h1-4H,5-15H2,(H,21,25). The van der Waals surface area contributed by atoms with Crippen molar-refractivity contribution in [2.45, 2.75) is 6.42 Å². The van der Waals surface area contributed by atoms with E-state index in [-0.39, 0.29) is 11.8 Å². The average Bonchev–Trinajstić information content (AvgIpc) is 2.69. The van der Waals surface area contributed by atoms with Crippen molar-refractivity contribution >= 4 is 29.1 Å². The first-order chi connectivity index (χ1) is 13.1. The molecule has 2 amide bonds. The Labute approximate surface area is 165 Å². The molecule has 0 spiro atoms. The summed E-state index contributed by atoms with van der Waals surface area (Å²) in [5.41, 5.74) is 0.641. The summed E-state index contributed by atoms with van der Waals surface area (Å²) in [5.74, 6) is 0.141. The molecule has 2 saturated heterocycles. The van der Waals surface area contributed by atoms with Crippen molar-refractivity contribution in [3.8, 4) is 0 Å². The van der Waals surface area contributed by atoms with E-state index in [0.717, 1.165) is 39.3 Å². The van der Waals surface area contributed by atoms with Crippen LogP contribution in [-0.2, 0) is 14.3 Å². The molecule has 8 heteroatoms. The number of hydrogen-bond donors (Lipinski definition) is 1. The van der Waals surface area contributed by atoms with E-state index in [9.17, 15) is 9.59 Å². The zero-order chi connectivity index (χ0) is 19.1. The minimum Gasteiger partial charge on any atom is -0.379 e. The molecule has 7 nitrogen and oxygen atoms in total. The third-order valence-electron chi connectivity index (χ3n) is 4.99. The summed E-state index contributed by atoms with van der Waals surface area (Å²) in [5, 5.41) is 3.38. The summed E-state index contributed by atoms with van der Waals surface area (Å²) < 4.78 is 5.32. The highest BCUT2D eigenvalue weighted by atomic mass is 35.5. The van der Waals surface area contributed by atoms with Crippen LogP contribution in [0.4, 0.5) is 5.69 Å². The molecule has 0 radical (unpaired) electrons. The number of nitrogens with zero attached hydrogens (tertiary/aromatic N) is 3. The number of benzene rings is 1. The van der Waals surface area contributed by atoms with Crippen LogP contribution >= 0.6 is 11.6 Å². The van der Waals surface area contributed by atoms with Gasteiger partial charge in [0, 0.05) is 52.2 Å². The smallest absolute Gasteiger partial charge is 0.236 e. The van der Waals surface area contributed by atoms with Crippen LogP contribution < -0.4 is 5.32 Å². The Kier molecular flexibility index (Phi) is 7.46. The molecule has 0 unspecified atom stereocenters. The Hall–Kier alpha value is -1.67. The van der Waals surface area contributed by atoms with E-state index < -0.39 is 0 Å². The van der Waals surface area contributed by atoms with Gasteiger partial charge in [0.05, 0.1) is 30.5 Å². The lowest BCUT2D eigenvalue weighted by molar-refractivity contribution is -0.135. The molecule has 0 saturated carbocycles. The molecule has 1 aromatic rings. The highest BCUT2D eigenvalue weighted by Gasteiger charge is 2.23. The highest BCUT2D eigenvalue weighted by molar-refractivity contribution is 6.33. The molecule has 148 valence electrons. The molecule has 0 aromatic heterocycles. The molecular formula is C19H27ClN4O3. The summed E-state index contributed by atoms with van der Waals surface area (Å²) in [4.78, 5) is 30.9. The van der Waals surface area contributed by atoms with Gasteiger partial charge in [-0.1, -0.05) is 23.7 Å². The van der Waals surface area contributed by atoms with E-state index in [0.29, 0.717) is 43.4 Å². The fourth-order valence-electron chi connectivity index (χ4n) is 3.31. The van der Waals surface area contributed by atoms with Crippen molar-refractivity contribution in [1.29, 1.82) is 0 Å². The molecule has 3 rings (SSSR count). The predicted molar refractivity (Wildman–Crippen MR) is 105 cm³/mol. The molecule has 2 aliphatic rings. The molecule has 1 aromatic carbocycles. The zero-order valence-corrected chi connectivity index (χ0v) is 16.3. The van der Waals surface area contributed by atoms with E-state index >= 15 is 0 Å². The maximum Gasteiger partial charge on any atom is 0.236 e. The lowest BCUT2D eigenvalue weighted by Crippen LogP contribution is -2.52. The molecule has 2 heterocycles. The molecular weight excluding hydrogens is 368 g/mol. The Bertz CT molecular complexity index is 644. The second-order valence-corrected chi connectivity index (χ2v) is 7.30. The number of halogens is 1. The summed E-state index contributed by atoms with van der Waals surface area (Å²) >= 11 is 6.06. The van der Waals surface area contributed by atoms with Crippen LogP contribution in [-0.4, -0.2) is 92.1 Å². The van der Waals surface area contributed by atoms with E-state index in [4.69, 9.17) is 16.3 Å². The average molecular weight is 395 g/mol. The van der Waals surface area contributed by atoms with Crippen LogP contribution in [0.15, 0.2) is 24.3 Å². The monoisotopic (exact) mass is 394 g/mol. The van der Waals surface area contributed by atoms with Gasteiger partial charge in [0.1, 0.15) is 0 Å². The van der Waals surface area contributed by atoms with E-state index in [1.165, 1.54) is 0 Å². The van der Waals surface area contributed by atoms with Crippen LogP contribution in [0.1, 0.15) is 6.42 Å². The predicted octanol–water partition coefficient (Wildman–Crippen LogP) is 1.15. The van der Waals surface area contributed by atoms with Gasteiger partial charge in [0.15, 0.2) is 0 Å². The molecule has 2 aliphatic heterocycles. The van der Waals surface area contributed by atoms with Crippen molar-refractivity contribution in [3.05, 3.63) is 29.3 Å². The first-order valence-corrected chi connectivity index (χ1v) is 9.84. The lowest BCUT2D eigenvalue weighted by atomic mass is 10.2. The number of anilines is 1. The van der Waals surface area contributed by atoms with E-state index in [2.05, 4.69) is 15.1 Å². The van der Waals surface area contributed by atoms with Gasteiger partial charge in [0.25, 0.3) is 0 Å². The van der Waals surface area contributed by atoms with Crippen LogP contribution in [0, 0.1) is 0 Å². The van der Waals surface area contributed by atoms with Crippen molar-refractivity contribution < 1.29 is 14.3 Å². The third-order valence-corrected chi connectivity index (χ3v) is 5.32. The number of carbonyl (C=O) groups is 2. The maximum absolute atomic E-state index is 12.4. The first-order valence-electron chi connectivity index (χ1n) is 9.46. The van der Waals surface area contributed by atoms with Gasteiger partial charge in [-0.2, -0.15) is 0 Å². The Morgan fingerprint density at radius 1 is 1.00 bits per heavy atom. The first kappa shape index (κ1) is 20.1. The summed E-state index contributed by atoms with van der Waals surface area (Å²) in [6.45, 7) is 7.26. The minimum atomic E-state index is -0.0473. The fraction of sp³-hybridized carbons (Fsp3) is 0.579. The third kappa shape index (κ3) is 6.17. The minimum absolute atomic E-state index is 0.0473. The number of carbonyl (C=O) groups excluding carboxylic acids is 2. The number of morpholine rings is 1. The Morgan fingerprint density at radius 2 is 1.70 bits per heavy atom. The van der Waals surface area contributed by atoms with Crippen molar-refractivity contribution in [1.82, 2.24) is 14.7 Å². The fourth-order valence-corrected chi connectivity index (χ4v) is 3.49. The Morgan fingerprint density at radius 3 is 2.41 bits per heavy atom. The quantitative estimate of drug-likeness (QED) is 0.784. The van der Waals surface area contributed by atoms with Gasteiger partial charge in [0.2, 0.25) is 11.8 Å². The van der Waals surface area contributed by atoms with Gasteiger partial charge in [-0.15, -0.1) is 0 Å². The lowest BCUT2D eigenvalue weighted by Gasteiger charge is -2.36. The number of piperazine rings is 1.